The van der Waals surface area contributed by atoms with Crippen LogP contribution < -0.4 is 9.47 Å². The molecule has 0 N–H and O–H groups in total. The van der Waals surface area contributed by atoms with Crippen LogP contribution in [0.15, 0.2) is 121 Å². The average Bonchev–Trinajstić information content (AvgIpc) is 3.03. The van der Waals surface area contributed by atoms with Crippen molar-refractivity contribution in [2.24, 2.45) is 0 Å². The largest absolute Gasteiger partial charge is 0.496 e. The summed E-state index contributed by atoms with van der Waals surface area (Å²) >= 11 is 0. The molecule has 0 aromatic heterocycles. The quantitative estimate of drug-likeness (QED) is 0.221. The summed E-state index contributed by atoms with van der Waals surface area (Å²) < 4.78 is 12.1. The third-order valence-electron chi connectivity index (χ3n) is 6.94. The van der Waals surface area contributed by atoms with E-state index in [2.05, 4.69) is 47.9 Å². The van der Waals surface area contributed by atoms with Crippen LogP contribution in [0.3, 0.4) is 0 Å². The van der Waals surface area contributed by atoms with E-state index >= 15 is 0 Å². The smallest absolute Gasteiger partial charge is 0.128 e. The molecule has 0 aliphatic rings. The van der Waals surface area contributed by atoms with Crippen molar-refractivity contribution in [3.63, 3.8) is 0 Å². The lowest BCUT2D eigenvalue weighted by Crippen LogP contribution is -1.97. The second-order valence-electron chi connectivity index (χ2n) is 9.33. The normalized spacial score (nSPS) is 10.3. The van der Waals surface area contributed by atoms with Gasteiger partial charge in [0.15, 0.2) is 0 Å². The Morgan fingerprint density at radius 1 is 0.400 bits per heavy atom. The van der Waals surface area contributed by atoms with Crippen LogP contribution in [0, 0.1) is 23.7 Å². The summed E-state index contributed by atoms with van der Waals surface area (Å²) in [6.07, 6.45) is 0. The van der Waals surface area contributed by atoms with Gasteiger partial charge in [-0.2, -0.15) is 0 Å². The van der Waals surface area contributed by atoms with Crippen molar-refractivity contribution in [1.29, 1.82) is 0 Å². The van der Waals surface area contributed by atoms with Gasteiger partial charge in [0.2, 0.25) is 0 Å². The van der Waals surface area contributed by atoms with Crippen LogP contribution in [-0.4, -0.2) is 14.2 Å². The van der Waals surface area contributed by atoms with Crippen molar-refractivity contribution in [1.82, 2.24) is 0 Å². The molecule has 0 bridgehead atoms. The summed E-state index contributed by atoms with van der Waals surface area (Å²) in [5.41, 5.74) is 5.70. The van der Waals surface area contributed by atoms with E-state index in [0.717, 1.165) is 66.4 Å². The minimum absolute atomic E-state index is 0.739. The highest BCUT2D eigenvalue weighted by atomic mass is 16.5. The second kappa shape index (κ2) is 11.1. The monoisotopic (exact) mass is 514 g/mol. The van der Waals surface area contributed by atoms with Gasteiger partial charge in [0.1, 0.15) is 11.5 Å². The Kier molecular flexibility index (Phi) is 6.92. The highest BCUT2D eigenvalue weighted by molar-refractivity contribution is 6.12. The summed E-state index contributed by atoms with van der Waals surface area (Å²) in [7, 11) is 3.41. The molecule has 0 aliphatic heterocycles. The molecule has 2 heteroatoms. The van der Waals surface area contributed by atoms with Gasteiger partial charge in [0, 0.05) is 33.4 Å². The van der Waals surface area contributed by atoms with Crippen molar-refractivity contribution in [3.8, 4) is 46.3 Å². The molecule has 6 rings (SSSR count). The molecular weight excluding hydrogens is 488 g/mol. The number of fused-ring (bicyclic) bond motifs is 2. The lowest BCUT2D eigenvalue weighted by atomic mass is 9.89. The molecule has 6 aromatic carbocycles. The van der Waals surface area contributed by atoms with E-state index in [0.29, 0.717) is 0 Å². The van der Waals surface area contributed by atoms with Gasteiger partial charge in [-0.1, -0.05) is 109 Å². The Hall–Kier alpha value is -5.44. The molecule has 2 nitrogen and oxygen atoms in total. The fourth-order valence-corrected chi connectivity index (χ4v) is 5.07. The van der Waals surface area contributed by atoms with Crippen LogP contribution >= 0.6 is 0 Å². The number of rotatable bonds is 3. The first-order valence-electron chi connectivity index (χ1n) is 13.1. The number of hydrogen-bond acceptors (Lipinski definition) is 2. The highest BCUT2D eigenvalue weighted by Crippen LogP contribution is 2.47. The van der Waals surface area contributed by atoms with E-state index in [-0.39, 0.29) is 0 Å². The molecule has 0 spiro atoms. The Morgan fingerprint density at radius 2 is 0.750 bits per heavy atom. The van der Waals surface area contributed by atoms with Gasteiger partial charge in [-0.3, -0.25) is 0 Å². The van der Waals surface area contributed by atoms with Crippen LogP contribution in [0.1, 0.15) is 22.3 Å². The average molecular weight is 515 g/mol. The SMILES string of the molecule is COc1cc(C#Cc2ccccc2)c2ccccc2c1-c1c(OC)cc(C#Cc2ccccc2)c2ccccc12. The van der Waals surface area contributed by atoms with Gasteiger partial charge in [-0.25, -0.2) is 0 Å². The van der Waals surface area contributed by atoms with Crippen molar-refractivity contribution in [3.05, 3.63) is 144 Å². The number of ether oxygens (including phenoxy) is 2. The Bertz CT molecular complexity index is 1820. The van der Waals surface area contributed by atoms with Crippen LogP contribution in [0.5, 0.6) is 11.5 Å². The lowest BCUT2D eigenvalue weighted by Gasteiger charge is -2.19. The topological polar surface area (TPSA) is 18.5 Å². The fraction of sp³-hybridized carbons (Fsp3) is 0.0526. The highest BCUT2D eigenvalue weighted by Gasteiger charge is 2.21. The molecule has 6 aromatic rings. The molecule has 0 unspecified atom stereocenters. The molecule has 0 radical (unpaired) electrons. The maximum atomic E-state index is 6.03. The maximum Gasteiger partial charge on any atom is 0.128 e. The van der Waals surface area contributed by atoms with Gasteiger partial charge in [-0.05, 0) is 57.9 Å². The van der Waals surface area contributed by atoms with Crippen LogP contribution in [0.2, 0.25) is 0 Å². The predicted molar refractivity (Wildman–Crippen MR) is 165 cm³/mol. The van der Waals surface area contributed by atoms with Crippen LogP contribution in [0.25, 0.3) is 32.7 Å². The molecule has 0 heterocycles. The lowest BCUT2D eigenvalue weighted by molar-refractivity contribution is 0.411. The molecule has 0 fully saturated rings. The van der Waals surface area contributed by atoms with E-state index in [4.69, 9.17) is 9.47 Å². The second-order valence-corrected chi connectivity index (χ2v) is 9.33. The minimum atomic E-state index is 0.739. The first-order valence-corrected chi connectivity index (χ1v) is 13.1. The van der Waals surface area contributed by atoms with Crippen molar-refractivity contribution < 1.29 is 9.47 Å². The summed E-state index contributed by atoms with van der Waals surface area (Å²) in [4.78, 5) is 0. The third-order valence-corrected chi connectivity index (χ3v) is 6.94. The minimum Gasteiger partial charge on any atom is -0.496 e. The first kappa shape index (κ1) is 24.9. The Balaban J connectivity index is 1.61. The molecule has 0 atom stereocenters. The molecule has 0 aliphatic carbocycles. The van der Waals surface area contributed by atoms with Crippen molar-refractivity contribution in [2.45, 2.75) is 0 Å². The number of methoxy groups -OCH3 is 2. The summed E-state index contributed by atoms with van der Waals surface area (Å²) in [5.74, 6) is 14.9. The van der Waals surface area contributed by atoms with E-state index < -0.39 is 0 Å². The van der Waals surface area contributed by atoms with Gasteiger partial charge in [0.25, 0.3) is 0 Å². The van der Waals surface area contributed by atoms with Gasteiger partial charge >= 0.3 is 0 Å². The van der Waals surface area contributed by atoms with Crippen LogP contribution in [0.4, 0.5) is 0 Å². The Labute approximate surface area is 234 Å². The molecule has 190 valence electrons. The zero-order valence-electron chi connectivity index (χ0n) is 22.4. The Morgan fingerprint density at radius 3 is 1.12 bits per heavy atom. The number of benzene rings is 6. The predicted octanol–water partition coefficient (Wildman–Crippen LogP) is 8.48. The molecule has 0 saturated carbocycles. The van der Waals surface area contributed by atoms with E-state index in [9.17, 15) is 0 Å². The molecule has 40 heavy (non-hydrogen) atoms. The maximum absolute atomic E-state index is 6.03. The summed E-state index contributed by atoms with van der Waals surface area (Å²) in [6.45, 7) is 0. The summed E-state index contributed by atoms with van der Waals surface area (Å²) in [5, 5.41) is 4.21. The van der Waals surface area contributed by atoms with E-state index in [1.54, 1.807) is 14.2 Å². The van der Waals surface area contributed by atoms with Crippen molar-refractivity contribution in [2.75, 3.05) is 14.2 Å². The third kappa shape index (κ3) is 4.76. The van der Waals surface area contributed by atoms with E-state index in [1.807, 2.05) is 97.1 Å². The number of hydrogen-bond donors (Lipinski definition) is 0. The molecule has 0 amide bonds. The standard InChI is InChI=1S/C38H26O2/c1-39-35-25-29(23-21-27-13-5-3-6-14-27)31-17-9-11-19-33(31)37(35)38-34-20-12-10-18-32(34)30(26-36(38)40-2)24-22-28-15-7-4-8-16-28/h3-20,25-26H,1-2H3. The zero-order valence-corrected chi connectivity index (χ0v) is 22.4. The first-order chi connectivity index (χ1) is 19.8. The molecular formula is C38H26O2. The zero-order chi connectivity index (χ0) is 27.3. The van der Waals surface area contributed by atoms with Crippen LogP contribution in [-0.2, 0) is 0 Å². The van der Waals surface area contributed by atoms with Gasteiger partial charge in [0.05, 0.1) is 14.2 Å². The van der Waals surface area contributed by atoms with Crippen molar-refractivity contribution >= 4 is 21.5 Å². The molecule has 0 saturated heterocycles. The van der Waals surface area contributed by atoms with Gasteiger partial charge in [-0.15, -0.1) is 0 Å². The van der Waals surface area contributed by atoms with Gasteiger partial charge < -0.3 is 9.47 Å². The van der Waals surface area contributed by atoms with E-state index in [1.165, 1.54) is 0 Å². The fourth-order valence-electron chi connectivity index (χ4n) is 5.07. The summed E-state index contributed by atoms with van der Waals surface area (Å²) in [6, 6.07) is 40.8.